The van der Waals surface area contributed by atoms with E-state index in [1.165, 1.54) is 6.07 Å². The molecule has 320 valence electrons. The Labute approximate surface area is 356 Å². The zero-order valence-corrected chi connectivity index (χ0v) is 34.4. The number of amides is 5. The molecule has 3 saturated heterocycles. The van der Waals surface area contributed by atoms with Crippen molar-refractivity contribution in [3.8, 4) is 17.0 Å². The van der Waals surface area contributed by atoms with Gasteiger partial charge >= 0.3 is 6.09 Å². The summed E-state index contributed by atoms with van der Waals surface area (Å²) in [6.07, 6.45) is 8.82. The van der Waals surface area contributed by atoms with Crippen LogP contribution < -0.4 is 25.6 Å². The maximum absolute atomic E-state index is 15.3. The van der Waals surface area contributed by atoms with Gasteiger partial charge in [0.1, 0.15) is 36.1 Å². The fourth-order valence-corrected chi connectivity index (χ4v) is 11.4. The van der Waals surface area contributed by atoms with Crippen LogP contribution in [0, 0.1) is 29.5 Å². The van der Waals surface area contributed by atoms with Gasteiger partial charge in [0, 0.05) is 66.9 Å². The number of likely N-dealkylation sites (tertiary alicyclic amines) is 1. The van der Waals surface area contributed by atoms with Gasteiger partial charge in [-0.15, -0.1) is 0 Å². The first-order valence-corrected chi connectivity index (χ1v) is 21.7. The number of nitrogens with zero attached hydrogens (tertiary/aromatic N) is 5. The van der Waals surface area contributed by atoms with Crippen LogP contribution in [0.5, 0.6) is 5.88 Å². The average Bonchev–Trinajstić information content (AvgIpc) is 3.47. The van der Waals surface area contributed by atoms with Crippen molar-refractivity contribution in [2.24, 2.45) is 16.7 Å². The van der Waals surface area contributed by atoms with Crippen molar-refractivity contribution < 1.29 is 37.8 Å². The number of halogens is 1. The van der Waals surface area contributed by atoms with Crippen molar-refractivity contribution in [2.75, 3.05) is 61.4 Å². The lowest BCUT2D eigenvalue weighted by Crippen LogP contribution is -2.64. The van der Waals surface area contributed by atoms with Gasteiger partial charge < -0.3 is 24.6 Å². The molecule has 11 rings (SSSR count). The van der Waals surface area contributed by atoms with Crippen molar-refractivity contribution >= 4 is 57.7 Å². The average molecular weight is 843 g/mol. The van der Waals surface area contributed by atoms with E-state index < -0.39 is 35.8 Å². The molecular formula is C46H47FN8O7. The van der Waals surface area contributed by atoms with Gasteiger partial charge in [-0.1, -0.05) is 6.07 Å². The molecule has 2 aliphatic carbocycles. The number of pyridine rings is 2. The Morgan fingerprint density at radius 2 is 1.76 bits per heavy atom. The van der Waals surface area contributed by atoms with Crippen LogP contribution in [0.4, 0.5) is 26.4 Å². The van der Waals surface area contributed by atoms with E-state index >= 15 is 4.39 Å². The third-order valence-electron chi connectivity index (χ3n) is 14.6. The van der Waals surface area contributed by atoms with E-state index in [2.05, 4.69) is 35.7 Å². The molecule has 7 heterocycles. The van der Waals surface area contributed by atoms with Crippen molar-refractivity contribution in [1.82, 2.24) is 25.1 Å². The number of imide groups is 2. The van der Waals surface area contributed by atoms with Crippen molar-refractivity contribution in [3.63, 3.8) is 0 Å². The van der Waals surface area contributed by atoms with Crippen molar-refractivity contribution in [3.05, 3.63) is 71.3 Å². The summed E-state index contributed by atoms with van der Waals surface area (Å²) in [5.41, 5.74) is 4.51. The first-order valence-electron chi connectivity index (χ1n) is 21.7. The Kier molecular flexibility index (Phi) is 9.04. The number of hydrogen-bond acceptors (Lipinski definition) is 12. The first kappa shape index (κ1) is 38.7. The summed E-state index contributed by atoms with van der Waals surface area (Å²) in [6.45, 7) is 7.87. The molecular weight excluding hydrogens is 796 g/mol. The number of aromatic nitrogens is 2. The van der Waals surface area contributed by atoms with Crippen molar-refractivity contribution in [1.29, 1.82) is 0 Å². The molecule has 0 radical (unpaired) electrons. The number of carbonyl (C=O) groups excluding carboxylic acids is 5. The van der Waals surface area contributed by atoms with Crippen LogP contribution in [0.3, 0.4) is 0 Å². The van der Waals surface area contributed by atoms with E-state index in [1.54, 1.807) is 36.7 Å². The molecule has 5 aliphatic heterocycles. The van der Waals surface area contributed by atoms with Gasteiger partial charge in [-0.2, -0.15) is 0 Å². The second-order valence-corrected chi connectivity index (χ2v) is 18.6. The molecule has 5 fully saturated rings. The van der Waals surface area contributed by atoms with Crippen LogP contribution in [0.1, 0.15) is 77.6 Å². The molecule has 2 saturated carbocycles. The van der Waals surface area contributed by atoms with E-state index in [1.807, 2.05) is 13.0 Å². The lowest BCUT2D eigenvalue weighted by molar-refractivity contribution is -0.136. The number of hydrogen-bond donors (Lipinski definition) is 3. The van der Waals surface area contributed by atoms with Gasteiger partial charge in [0.25, 0.3) is 11.8 Å². The highest BCUT2D eigenvalue weighted by Gasteiger charge is 2.55. The molecule has 3 N–H and O–H groups in total. The lowest BCUT2D eigenvalue weighted by atomic mass is 9.57. The summed E-state index contributed by atoms with van der Waals surface area (Å²) in [6, 6.07) is 9.28. The molecule has 5 amide bonds. The predicted octanol–water partition coefficient (Wildman–Crippen LogP) is 5.66. The molecule has 2 aromatic heterocycles. The molecule has 15 nitrogen and oxygen atoms in total. The van der Waals surface area contributed by atoms with Gasteiger partial charge in [-0.3, -0.25) is 34.7 Å². The minimum atomic E-state index is -0.978. The summed E-state index contributed by atoms with van der Waals surface area (Å²) in [4.78, 5) is 78.7. The van der Waals surface area contributed by atoms with E-state index in [4.69, 9.17) is 9.47 Å². The Hall–Kier alpha value is -6.16. The highest BCUT2D eigenvalue weighted by molar-refractivity contribution is 6.25. The number of nitrogens with one attached hydrogen (secondary N) is 3. The third kappa shape index (κ3) is 6.52. The summed E-state index contributed by atoms with van der Waals surface area (Å²) >= 11 is 0. The predicted molar refractivity (Wildman–Crippen MR) is 225 cm³/mol. The second-order valence-electron chi connectivity index (χ2n) is 18.6. The molecule has 2 spiro atoms. The molecule has 16 heteroatoms. The van der Waals surface area contributed by atoms with Crippen LogP contribution in [-0.2, 0) is 14.3 Å². The minimum absolute atomic E-state index is 0.0901. The molecule has 62 heavy (non-hydrogen) atoms. The Morgan fingerprint density at radius 3 is 2.55 bits per heavy atom. The van der Waals surface area contributed by atoms with Crippen LogP contribution in [-0.4, -0.2) is 108 Å². The van der Waals surface area contributed by atoms with Gasteiger partial charge in [0.2, 0.25) is 17.7 Å². The SMILES string of the molecule is Cc1c(-c2cc3cc(NC(=O)OC4CC5(CCN(CC6CC7(C6)CN(c6cccc8c6C(=O)N(C6CCC(=O)NC6=O)C8=O)C7)CC5)C4)ncc3cc2F)cnc2c1NCCO2. The molecule has 1 atom stereocenters. The standard InChI is InChI=1S/C46H47FN8O7/c1-25-32(21-50-41-39(25)48-9-12-61-41)31-13-27-15-36(49-20-28(27)14-33(31)47)51-44(60)62-29-18-45(19-29)7-10-53(11-8-45)22-26-16-46(17-26)23-54(24-46)34-4-2-3-30-38(34)43(59)55(42(30)58)35-5-6-37(56)52-40(35)57/h2-4,13-15,20-21,26,29,35,48H,5-12,16-19,22-24H2,1H3,(H,49,51,60)(H,52,56,57). The number of anilines is 3. The van der Waals surface area contributed by atoms with E-state index in [0.29, 0.717) is 58.4 Å². The number of fused-ring (bicyclic) bond motifs is 3. The molecule has 1 unspecified atom stereocenters. The second kappa shape index (κ2) is 14.5. The number of carbonyl (C=O) groups is 5. The van der Waals surface area contributed by atoms with Gasteiger partial charge in [-0.25, -0.2) is 19.2 Å². The zero-order chi connectivity index (χ0) is 42.5. The van der Waals surface area contributed by atoms with Gasteiger partial charge in [-0.05, 0) is 118 Å². The number of ether oxygens (including phenoxy) is 2. The molecule has 0 bridgehead atoms. The smallest absolute Gasteiger partial charge is 0.413 e. The third-order valence-corrected chi connectivity index (χ3v) is 14.6. The molecule has 4 aromatic rings. The van der Waals surface area contributed by atoms with Crippen LogP contribution in [0.15, 0.2) is 48.8 Å². The van der Waals surface area contributed by atoms with Gasteiger partial charge in [0.05, 0.1) is 16.8 Å². The largest absolute Gasteiger partial charge is 0.474 e. The zero-order valence-electron chi connectivity index (χ0n) is 34.4. The lowest BCUT2D eigenvalue weighted by Gasteiger charge is -2.61. The normalized spacial score (nSPS) is 23.8. The van der Waals surface area contributed by atoms with Crippen LogP contribution in [0.25, 0.3) is 21.9 Å². The van der Waals surface area contributed by atoms with Gasteiger partial charge in [0.15, 0.2) is 0 Å². The Balaban J connectivity index is 0.635. The summed E-state index contributed by atoms with van der Waals surface area (Å²) < 4.78 is 26.8. The maximum Gasteiger partial charge on any atom is 0.413 e. The number of rotatable bonds is 7. The van der Waals surface area contributed by atoms with Crippen LogP contribution >= 0.6 is 0 Å². The highest BCUT2D eigenvalue weighted by Crippen LogP contribution is 2.55. The van der Waals surface area contributed by atoms with Crippen LogP contribution in [0.2, 0.25) is 0 Å². The van der Waals surface area contributed by atoms with Crippen molar-refractivity contribution in [2.45, 2.75) is 70.4 Å². The van der Waals surface area contributed by atoms with E-state index in [-0.39, 0.29) is 35.6 Å². The fourth-order valence-electron chi connectivity index (χ4n) is 11.4. The quantitative estimate of drug-likeness (QED) is 0.195. The number of piperidine rings is 2. The van der Waals surface area contributed by atoms with E-state index in [0.717, 1.165) is 98.5 Å². The summed E-state index contributed by atoms with van der Waals surface area (Å²) in [5.74, 6) is -0.863. The Bertz CT molecular complexity index is 2590. The highest BCUT2D eigenvalue weighted by atomic mass is 19.1. The minimum Gasteiger partial charge on any atom is -0.474 e. The molecule has 2 aromatic carbocycles. The fraction of sp³-hybridized carbons (Fsp3) is 0.457. The maximum atomic E-state index is 15.3. The first-order chi connectivity index (χ1) is 29.9. The number of benzene rings is 2. The Morgan fingerprint density at radius 1 is 0.952 bits per heavy atom. The monoisotopic (exact) mass is 842 g/mol. The topological polar surface area (TPSA) is 175 Å². The summed E-state index contributed by atoms with van der Waals surface area (Å²) in [7, 11) is 0. The summed E-state index contributed by atoms with van der Waals surface area (Å²) in [5, 5.41) is 9.68. The van der Waals surface area contributed by atoms with E-state index in [9.17, 15) is 24.0 Å². The molecule has 7 aliphatic rings.